The lowest BCUT2D eigenvalue weighted by Crippen LogP contribution is -2.22. The molecule has 0 saturated carbocycles. The van der Waals surface area contributed by atoms with Crippen molar-refractivity contribution in [2.75, 3.05) is 11.1 Å². The third-order valence-electron chi connectivity index (χ3n) is 4.05. The Balaban J connectivity index is 1.67. The molecule has 0 bridgehead atoms. The van der Waals surface area contributed by atoms with E-state index in [1.807, 2.05) is 17.5 Å². The number of carbonyl (C=O) groups is 1. The van der Waals surface area contributed by atoms with E-state index in [-0.39, 0.29) is 4.90 Å². The number of sulfone groups is 1. The number of hydrogen-bond acceptors (Lipinski definition) is 5. The van der Waals surface area contributed by atoms with Crippen LogP contribution in [0.4, 0.5) is 5.13 Å². The third kappa shape index (κ3) is 4.81. The second-order valence-corrected chi connectivity index (χ2v) is 9.28. The van der Waals surface area contributed by atoms with Gasteiger partial charge in [0.05, 0.1) is 10.6 Å². The number of anilines is 1. The smallest absolute Gasteiger partial charge is 0.241 e. The van der Waals surface area contributed by atoms with Crippen molar-refractivity contribution in [2.45, 2.75) is 24.7 Å². The molecule has 0 unspecified atom stereocenters. The van der Waals surface area contributed by atoms with Gasteiger partial charge >= 0.3 is 0 Å². The molecule has 1 aromatic heterocycles. The highest BCUT2D eigenvalue weighted by molar-refractivity contribution is 7.92. The zero-order valence-corrected chi connectivity index (χ0v) is 16.7. The number of aromatic nitrogens is 1. The molecule has 5 nitrogen and oxygen atoms in total. The van der Waals surface area contributed by atoms with Crippen molar-refractivity contribution in [3.63, 3.8) is 0 Å². The summed E-state index contributed by atoms with van der Waals surface area (Å²) in [4.78, 5) is 16.7. The van der Waals surface area contributed by atoms with E-state index in [1.165, 1.54) is 29.0 Å². The molecule has 0 radical (unpaired) electrons. The van der Waals surface area contributed by atoms with Crippen molar-refractivity contribution >= 4 is 32.2 Å². The standard InChI is InChI=1S/C20H20N2O3S2/c1-14(2)15-8-10-16(11-9-15)18-12-26-20(21-18)22-19(23)13-27(24,25)17-6-4-3-5-7-17/h3-12,14H,13H2,1-2H3,(H,21,22,23). The number of nitrogens with zero attached hydrogens (tertiary/aromatic N) is 1. The third-order valence-corrected chi connectivity index (χ3v) is 6.44. The lowest BCUT2D eigenvalue weighted by Gasteiger charge is -2.05. The monoisotopic (exact) mass is 400 g/mol. The zero-order chi connectivity index (χ0) is 19.4. The highest BCUT2D eigenvalue weighted by Crippen LogP contribution is 2.26. The Morgan fingerprint density at radius 3 is 2.37 bits per heavy atom. The van der Waals surface area contributed by atoms with Crippen LogP contribution in [-0.4, -0.2) is 25.1 Å². The van der Waals surface area contributed by atoms with E-state index >= 15 is 0 Å². The van der Waals surface area contributed by atoms with Gasteiger partial charge in [-0.15, -0.1) is 11.3 Å². The Morgan fingerprint density at radius 1 is 1.07 bits per heavy atom. The van der Waals surface area contributed by atoms with Crippen LogP contribution in [0.5, 0.6) is 0 Å². The van der Waals surface area contributed by atoms with Gasteiger partial charge in [-0.2, -0.15) is 0 Å². The molecule has 7 heteroatoms. The van der Waals surface area contributed by atoms with E-state index in [1.54, 1.807) is 18.2 Å². The topological polar surface area (TPSA) is 76.1 Å². The highest BCUT2D eigenvalue weighted by Gasteiger charge is 2.20. The van der Waals surface area contributed by atoms with Gasteiger partial charge in [0.25, 0.3) is 0 Å². The number of thiazole rings is 1. The quantitative estimate of drug-likeness (QED) is 0.667. The summed E-state index contributed by atoms with van der Waals surface area (Å²) in [6, 6.07) is 16.0. The minimum atomic E-state index is -3.67. The van der Waals surface area contributed by atoms with E-state index in [0.717, 1.165) is 11.3 Å². The fraction of sp³-hybridized carbons (Fsp3) is 0.200. The van der Waals surface area contributed by atoms with Gasteiger partial charge in [0.2, 0.25) is 5.91 Å². The van der Waals surface area contributed by atoms with E-state index in [0.29, 0.717) is 11.0 Å². The van der Waals surface area contributed by atoms with Crippen LogP contribution in [-0.2, 0) is 14.6 Å². The molecule has 2 aromatic carbocycles. The maximum Gasteiger partial charge on any atom is 0.241 e. The molecule has 3 aromatic rings. The fourth-order valence-corrected chi connectivity index (χ4v) is 4.43. The summed E-state index contributed by atoms with van der Waals surface area (Å²) in [5.74, 6) is -0.763. The number of amides is 1. The average molecular weight is 401 g/mol. The van der Waals surface area contributed by atoms with Crippen molar-refractivity contribution in [1.29, 1.82) is 0 Å². The lowest BCUT2D eigenvalue weighted by atomic mass is 10.0. The lowest BCUT2D eigenvalue weighted by molar-refractivity contribution is -0.113. The molecule has 1 heterocycles. The Kier molecular flexibility index (Phi) is 5.72. The second kappa shape index (κ2) is 8.02. The van der Waals surface area contributed by atoms with E-state index in [2.05, 4.69) is 36.3 Å². The van der Waals surface area contributed by atoms with Crippen LogP contribution in [0.1, 0.15) is 25.3 Å². The summed E-state index contributed by atoms with van der Waals surface area (Å²) in [5, 5.41) is 4.80. The van der Waals surface area contributed by atoms with E-state index in [9.17, 15) is 13.2 Å². The van der Waals surface area contributed by atoms with Crippen LogP contribution in [0.15, 0.2) is 64.9 Å². The maximum atomic E-state index is 12.3. The van der Waals surface area contributed by atoms with Crippen molar-refractivity contribution in [2.24, 2.45) is 0 Å². The highest BCUT2D eigenvalue weighted by atomic mass is 32.2. The Morgan fingerprint density at radius 2 is 1.74 bits per heavy atom. The van der Waals surface area contributed by atoms with Crippen LogP contribution in [0, 0.1) is 0 Å². The summed E-state index contributed by atoms with van der Waals surface area (Å²) < 4.78 is 24.5. The van der Waals surface area contributed by atoms with Crippen molar-refractivity contribution < 1.29 is 13.2 Å². The number of nitrogens with one attached hydrogen (secondary N) is 1. The largest absolute Gasteiger partial charge is 0.301 e. The normalized spacial score (nSPS) is 11.5. The first-order valence-electron chi connectivity index (χ1n) is 8.48. The Labute approximate surface area is 163 Å². The predicted octanol–water partition coefficient (Wildman–Crippen LogP) is 4.35. The summed E-state index contributed by atoms with van der Waals surface area (Å²) in [5.41, 5.74) is 2.94. The molecule has 0 spiro atoms. The molecule has 0 fully saturated rings. The van der Waals surface area contributed by atoms with Crippen molar-refractivity contribution in [3.8, 4) is 11.3 Å². The molecule has 27 heavy (non-hydrogen) atoms. The molecule has 1 amide bonds. The first kappa shape index (κ1) is 19.3. The van der Waals surface area contributed by atoms with E-state index < -0.39 is 21.5 Å². The van der Waals surface area contributed by atoms with Crippen molar-refractivity contribution in [1.82, 2.24) is 4.98 Å². The zero-order valence-electron chi connectivity index (χ0n) is 15.0. The summed E-state index contributed by atoms with van der Waals surface area (Å²) >= 11 is 1.27. The summed E-state index contributed by atoms with van der Waals surface area (Å²) in [6.07, 6.45) is 0. The number of carbonyl (C=O) groups excluding carboxylic acids is 1. The van der Waals surface area contributed by atoms with Gasteiger partial charge in [-0.25, -0.2) is 13.4 Å². The molecule has 0 atom stereocenters. The molecule has 0 aliphatic carbocycles. The van der Waals surface area contributed by atoms with Gasteiger partial charge < -0.3 is 5.32 Å². The molecular weight excluding hydrogens is 380 g/mol. The SMILES string of the molecule is CC(C)c1ccc(-c2csc(NC(=O)CS(=O)(=O)c3ccccc3)n2)cc1. The van der Waals surface area contributed by atoms with Gasteiger partial charge in [0, 0.05) is 10.9 Å². The van der Waals surface area contributed by atoms with E-state index in [4.69, 9.17) is 0 Å². The van der Waals surface area contributed by atoms with Crippen LogP contribution in [0.2, 0.25) is 0 Å². The Bertz CT molecular complexity index is 1020. The predicted molar refractivity (Wildman–Crippen MR) is 109 cm³/mol. The second-order valence-electron chi connectivity index (χ2n) is 6.43. The molecule has 0 aliphatic heterocycles. The van der Waals surface area contributed by atoms with Gasteiger partial charge in [-0.1, -0.05) is 56.3 Å². The van der Waals surface area contributed by atoms with Gasteiger partial charge in [0.15, 0.2) is 15.0 Å². The Hall–Kier alpha value is -2.51. The molecule has 140 valence electrons. The molecule has 0 aliphatic rings. The molecule has 0 saturated heterocycles. The van der Waals surface area contributed by atoms with Crippen molar-refractivity contribution in [3.05, 3.63) is 65.5 Å². The molecule has 3 rings (SSSR count). The van der Waals surface area contributed by atoms with Crippen LogP contribution in [0.3, 0.4) is 0 Å². The minimum Gasteiger partial charge on any atom is -0.301 e. The van der Waals surface area contributed by atoms with Gasteiger partial charge in [0.1, 0.15) is 5.75 Å². The minimum absolute atomic E-state index is 0.130. The van der Waals surface area contributed by atoms with Gasteiger partial charge in [-0.3, -0.25) is 4.79 Å². The number of hydrogen-bond donors (Lipinski definition) is 1. The summed E-state index contributed by atoms with van der Waals surface area (Å²) in [7, 11) is -3.67. The van der Waals surface area contributed by atoms with Gasteiger partial charge in [-0.05, 0) is 23.6 Å². The summed E-state index contributed by atoms with van der Waals surface area (Å²) in [6.45, 7) is 4.27. The fourth-order valence-electron chi connectivity index (χ4n) is 2.54. The maximum absolute atomic E-state index is 12.3. The first-order valence-corrected chi connectivity index (χ1v) is 11.0. The van der Waals surface area contributed by atoms with Crippen LogP contribution in [0.25, 0.3) is 11.3 Å². The van der Waals surface area contributed by atoms with Crippen LogP contribution >= 0.6 is 11.3 Å². The van der Waals surface area contributed by atoms with Crippen LogP contribution < -0.4 is 5.32 Å². The number of benzene rings is 2. The average Bonchev–Trinajstić information content (AvgIpc) is 3.10. The first-order chi connectivity index (χ1) is 12.8. The molecular formula is C20H20N2O3S2. The number of rotatable bonds is 6. The molecule has 1 N–H and O–H groups in total.